The van der Waals surface area contributed by atoms with Gasteiger partial charge >= 0.3 is 0 Å². The van der Waals surface area contributed by atoms with Crippen molar-refractivity contribution < 1.29 is 9.53 Å². The van der Waals surface area contributed by atoms with Crippen LogP contribution in [-0.4, -0.2) is 43.3 Å². The first-order valence-electron chi connectivity index (χ1n) is 4.79. The standard InChI is InChI=1S/C9H16N2O2/c1-13-9(3-2-4-9)6-11-7-10-5-8(11)12/h10H,2-7H2,1H3. The molecule has 0 atom stereocenters. The van der Waals surface area contributed by atoms with Crippen LogP contribution >= 0.6 is 0 Å². The lowest BCUT2D eigenvalue weighted by molar-refractivity contribution is -0.135. The van der Waals surface area contributed by atoms with Gasteiger partial charge in [0, 0.05) is 7.11 Å². The van der Waals surface area contributed by atoms with Crippen molar-refractivity contribution in [2.45, 2.75) is 24.9 Å². The van der Waals surface area contributed by atoms with Gasteiger partial charge in [-0.1, -0.05) is 0 Å². The lowest BCUT2D eigenvalue weighted by Crippen LogP contribution is -2.50. The summed E-state index contributed by atoms with van der Waals surface area (Å²) in [6.07, 6.45) is 3.41. The van der Waals surface area contributed by atoms with Crippen molar-refractivity contribution >= 4 is 5.91 Å². The zero-order valence-electron chi connectivity index (χ0n) is 8.01. The van der Waals surface area contributed by atoms with Crippen LogP contribution in [0, 0.1) is 0 Å². The predicted molar refractivity (Wildman–Crippen MR) is 48.2 cm³/mol. The molecule has 0 spiro atoms. The highest BCUT2D eigenvalue weighted by Crippen LogP contribution is 2.35. The molecule has 0 aromatic carbocycles. The van der Waals surface area contributed by atoms with Gasteiger partial charge in [-0.05, 0) is 19.3 Å². The van der Waals surface area contributed by atoms with Crippen molar-refractivity contribution in [1.29, 1.82) is 0 Å². The van der Waals surface area contributed by atoms with Gasteiger partial charge in [0.2, 0.25) is 5.91 Å². The molecule has 0 unspecified atom stereocenters. The summed E-state index contributed by atoms with van der Waals surface area (Å²) in [5.41, 5.74) is -0.0261. The number of nitrogens with zero attached hydrogens (tertiary/aromatic N) is 1. The van der Waals surface area contributed by atoms with Crippen LogP contribution in [0.2, 0.25) is 0 Å². The first kappa shape index (κ1) is 8.97. The lowest BCUT2D eigenvalue weighted by Gasteiger charge is -2.42. The zero-order valence-corrected chi connectivity index (χ0v) is 8.01. The van der Waals surface area contributed by atoms with Crippen LogP contribution in [0.3, 0.4) is 0 Å². The number of methoxy groups -OCH3 is 1. The molecule has 0 radical (unpaired) electrons. The Kier molecular flexibility index (Phi) is 2.26. The molecule has 1 aliphatic heterocycles. The van der Waals surface area contributed by atoms with Crippen molar-refractivity contribution in [3.63, 3.8) is 0 Å². The van der Waals surface area contributed by atoms with E-state index < -0.39 is 0 Å². The smallest absolute Gasteiger partial charge is 0.237 e. The van der Waals surface area contributed by atoms with E-state index in [4.69, 9.17) is 4.74 Å². The summed E-state index contributed by atoms with van der Waals surface area (Å²) >= 11 is 0. The average Bonchev–Trinajstić information content (AvgIpc) is 2.44. The number of nitrogens with one attached hydrogen (secondary N) is 1. The van der Waals surface area contributed by atoms with E-state index in [1.807, 2.05) is 4.90 Å². The molecule has 2 fully saturated rings. The van der Waals surface area contributed by atoms with Crippen molar-refractivity contribution in [2.75, 3.05) is 26.9 Å². The highest BCUT2D eigenvalue weighted by atomic mass is 16.5. The summed E-state index contributed by atoms with van der Waals surface area (Å²) in [4.78, 5) is 13.2. The Morgan fingerprint density at radius 3 is 2.77 bits per heavy atom. The SMILES string of the molecule is COC1(CN2CNCC2=O)CCC1. The minimum absolute atomic E-state index is 0.0261. The molecule has 1 N–H and O–H groups in total. The van der Waals surface area contributed by atoms with Gasteiger partial charge in [-0.3, -0.25) is 10.1 Å². The maximum Gasteiger partial charge on any atom is 0.237 e. The Morgan fingerprint density at radius 1 is 1.62 bits per heavy atom. The molecule has 2 aliphatic rings. The van der Waals surface area contributed by atoms with Crippen molar-refractivity contribution in [3.05, 3.63) is 0 Å². The average molecular weight is 184 g/mol. The molecule has 74 valence electrons. The quantitative estimate of drug-likeness (QED) is 0.668. The molecule has 1 saturated carbocycles. The molecule has 0 aromatic rings. The minimum atomic E-state index is -0.0261. The molecule has 4 nitrogen and oxygen atoms in total. The van der Waals surface area contributed by atoms with Crippen LogP contribution in [0.4, 0.5) is 0 Å². The van der Waals surface area contributed by atoms with Gasteiger partial charge in [-0.2, -0.15) is 0 Å². The van der Waals surface area contributed by atoms with E-state index in [1.165, 1.54) is 6.42 Å². The van der Waals surface area contributed by atoms with E-state index in [-0.39, 0.29) is 11.5 Å². The van der Waals surface area contributed by atoms with Gasteiger partial charge < -0.3 is 9.64 Å². The number of carbonyl (C=O) groups is 1. The monoisotopic (exact) mass is 184 g/mol. The third-order valence-electron chi connectivity index (χ3n) is 3.11. The summed E-state index contributed by atoms with van der Waals surface area (Å²) in [5.74, 6) is 0.198. The summed E-state index contributed by atoms with van der Waals surface area (Å²) in [6.45, 7) is 1.93. The number of rotatable bonds is 3. The fraction of sp³-hybridized carbons (Fsp3) is 0.889. The second kappa shape index (κ2) is 3.27. The second-order valence-electron chi connectivity index (χ2n) is 3.92. The third-order valence-corrected chi connectivity index (χ3v) is 3.11. The minimum Gasteiger partial charge on any atom is -0.376 e. The third kappa shape index (κ3) is 1.56. The Balaban J connectivity index is 1.92. The summed E-state index contributed by atoms with van der Waals surface area (Å²) in [7, 11) is 1.74. The van der Waals surface area contributed by atoms with Crippen molar-refractivity contribution in [2.24, 2.45) is 0 Å². The number of hydrogen-bond acceptors (Lipinski definition) is 3. The summed E-state index contributed by atoms with van der Waals surface area (Å²) in [5, 5.41) is 3.04. The molecule has 2 rings (SSSR count). The molecule has 4 heteroatoms. The van der Waals surface area contributed by atoms with Gasteiger partial charge in [-0.15, -0.1) is 0 Å². The Morgan fingerprint density at radius 2 is 2.38 bits per heavy atom. The Bertz CT molecular complexity index is 208. The summed E-state index contributed by atoms with van der Waals surface area (Å²) in [6, 6.07) is 0. The van der Waals surface area contributed by atoms with E-state index in [1.54, 1.807) is 7.11 Å². The Hall–Kier alpha value is -0.610. The topological polar surface area (TPSA) is 41.6 Å². The van der Waals surface area contributed by atoms with Gasteiger partial charge in [0.25, 0.3) is 0 Å². The molecule has 1 amide bonds. The molecule has 13 heavy (non-hydrogen) atoms. The van der Waals surface area contributed by atoms with Gasteiger partial charge in [0.15, 0.2) is 0 Å². The van der Waals surface area contributed by atoms with E-state index in [0.29, 0.717) is 13.2 Å². The van der Waals surface area contributed by atoms with Crippen LogP contribution in [0.1, 0.15) is 19.3 Å². The first-order valence-corrected chi connectivity index (χ1v) is 4.79. The maximum atomic E-state index is 11.3. The van der Waals surface area contributed by atoms with Crippen LogP contribution in [-0.2, 0) is 9.53 Å². The van der Waals surface area contributed by atoms with Gasteiger partial charge in [0.05, 0.1) is 25.4 Å². The molecule has 0 bridgehead atoms. The molecule has 1 saturated heterocycles. The van der Waals surface area contributed by atoms with E-state index in [9.17, 15) is 4.79 Å². The number of carbonyl (C=O) groups excluding carboxylic acids is 1. The normalized spacial score (nSPS) is 26.2. The fourth-order valence-corrected chi connectivity index (χ4v) is 1.99. The summed E-state index contributed by atoms with van der Waals surface area (Å²) < 4.78 is 5.46. The highest BCUT2D eigenvalue weighted by Gasteiger charge is 2.40. The second-order valence-corrected chi connectivity index (χ2v) is 3.92. The number of amides is 1. The fourth-order valence-electron chi connectivity index (χ4n) is 1.99. The van der Waals surface area contributed by atoms with Crippen molar-refractivity contribution in [1.82, 2.24) is 10.2 Å². The number of ether oxygens (including phenoxy) is 1. The largest absolute Gasteiger partial charge is 0.376 e. The highest BCUT2D eigenvalue weighted by molar-refractivity contribution is 5.80. The first-order chi connectivity index (χ1) is 6.26. The van der Waals surface area contributed by atoms with Crippen molar-refractivity contribution in [3.8, 4) is 0 Å². The molecule has 1 aliphatic carbocycles. The molecule has 1 heterocycles. The van der Waals surface area contributed by atoms with Crippen LogP contribution in [0.5, 0.6) is 0 Å². The molecule has 0 aromatic heterocycles. The molecular formula is C9H16N2O2. The predicted octanol–water partition coefficient (Wildman–Crippen LogP) is -0.0552. The Labute approximate surface area is 78.2 Å². The van der Waals surface area contributed by atoms with Gasteiger partial charge in [0.1, 0.15) is 0 Å². The number of hydrogen-bond donors (Lipinski definition) is 1. The lowest BCUT2D eigenvalue weighted by atomic mass is 9.79. The van der Waals surface area contributed by atoms with Crippen LogP contribution in [0.15, 0.2) is 0 Å². The molecular weight excluding hydrogens is 168 g/mol. The maximum absolute atomic E-state index is 11.3. The van der Waals surface area contributed by atoms with Crippen LogP contribution in [0.25, 0.3) is 0 Å². The van der Waals surface area contributed by atoms with Gasteiger partial charge in [-0.25, -0.2) is 0 Å². The van der Waals surface area contributed by atoms with E-state index >= 15 is 0 Å². The van der Waals surface area contributed by atoms with E-state index in [0.717, 1.165) is 19.4 Å². The van der Waals surface area contributed by atoms with Crippen LogP contribution < -0.4 is 5.32 Å². The zero-order chi connectivity index (χ0) is 9.31. The van der Waals surface area contributed by atoms with E-state index in [2.05, 4.69) is 5.32 Å².